The Morgan fingerprint density at radius 3 is 2.07 bits per heavy atom. The highest BCUT2D eigenvalue weighted by molar-refractivity contribution is 7.89. The lowest BCUT2D eigenvalue weighted by atomic mass is 10.4. The van der Waals surface area contributed by atoms with E-state index in [1.54, 1.807) is 37.4 Å². The van der Waals surface area contributed by atoms with E-state index in [9.17, 15) is 8.42 Å². The minimum absolute atomic E-state index is 0.0276. The molecule has 78 valence electrons. The highest BCUT2D eigenvalue weighted by atomic mass is 32.2. The second kappa shape index (κ2) is 4.11. The fourth-order valence-corrected chi connectivity index (χ4v) is 2.42. The van der Waals surface area contributed by atoms with Crippen molar-refractivity contribution >= 4 is 10.0 Å². The van der Waals surface area contributed by atoms with Gasteiger partial charge in [0.1, 0.15) is 0 Å². The second-order valence-electron chi connectivity index (χ2n) is 3.43. The Bertz CT molecular complexity index is 384. The molecule has 0 fully saturated rings. The third kappa shape index (κ3) is 2.13. The Kier molecular flexibility index (Phi) is 3.29. The van der Waals surface area contributed by atoms with Crippen molar-refractivity contribution in [1.82, 2.24) is 4.31 Å². The van der Waals surface area contributed by atoms with E-state index in [0.717, 1.165) is 0 Å². The number of nitrogens with zero attached hydrogens (tertiary/aromatic N) is 1. The molecular formula is C10H15NO2S. The predicted octanol–water partition coefficient (Wildman–Crippen LogP) is 1.72. The summed E-state index contributed by atoms with van der Waals surface area (Å²) < 4.78 is 25.2. The average Bonchev–Trinajstić information content (AvgIpc) is 2.18. The smallest absolute Gasteiger partial charge is 0.207 e. The molecule has 4 heteroatoms. The average molecular weight is 213 g/mol. The van der Waals surface area contributed by atoms with Crippen molar-refractivity contribution in [3.63, 3.8) is 0 Å². The molecule has 0 heterocycles. The van der Waals surface area contributed by atoms with Gasteiger partial charge in [-0.15, -0.1) is 0 Å². The summed E-state index contributed by atoms with van der Waals surface area (Å²) in [6.07, 6.45) is 0. The van der Waals surface area contributed by atoms with Crippen LogP contribution in [0.1, 0.15) is 13.8 Å². The van der Waals surface area contributed by atoms with Gasteiger partial charge in [-0.2, -0.15) is 4.31 Å². The van der Waals surface area contributed by atoms with E-state index in [2.05, 4.69) is 0 Å². The molecule has 0 saturated carbocycles. The van der Waals surface area contributed by atoms with Gasteiger partial charge >= 0.3 is 0 Å². The summed E-state index contributed by atoms with van der Waals surface area (Å²) >= 11 is 0. The maximum absolute atomic E-state index is 11.9. The molecule has 0 atom stereocenters. The molecule has 0 aliphatic carbocycles. The number of benzene rings is 1. The van der Waals surface area contributed by atoms with Gasteiger partial charge in [0, 0.05) is 13.1 Å². The molecular weight excluding hydrogens is 198 g/mol. The lowest BCUT2D eigenvalue weighted by Crippen LogP contribution is -2.32. The minimum atomic E-state index is -3.30. The van der Waals surface area contributed by atoms with Crippen LogP contribution in [0.3, 0.4) is 0 Å². The molecule has 0 radical (unpaired) electrons. The van der Waals surface area contributed by atoms with Gasteiger partial charge in [-0.25, -0.2) is 8.42 Å². The molecule has 1 aromatic carbocycles. The first kappa shape index (κ1) is 11.2. The van der Waals surface area contributed by atoms with Gasteiger partial charge in [-0.3, -0.25) is 0 Å². The number of sulfonamides is 1. The van der Waals surface area contributed by atoms with E-state index in [-0.39, 0.29) is 6.04 Å². The summed E-state index contributed by atoms with van der Waals surface area (Å²) in [4.78, 5) is 0.344. The standard InChI is InChI=1S/C10H15NO2S/c1-9(2)11(3)14(12,13)10-7-5-4-6-8-10/h4-9H,1-3H3. The Morgan fingerprint density at radius 1 is 1.14 bits per heavy atom. The van der Waals surface area contributed by atoms with Crippen LogP contribution in [0.2, 0.25) is 0 Å². The normalized spacial score (nSPS) is 12.4. The molecule has 0 spiro atoms. The van der Waals surface area contributed by atoms with Gasteiger partial charge in [-0.05, 0) is 26.0 Å². The van der Waals surface area contributed by atoms with Crippen molar-refractivity contribution in [2.75, 3.05) is 7.05 Å². The van der Waals surface area contributed by atoms with Crippen LogP contribution in [0.15, 0.2) is 35.2 Å². The van der Waals surface area contributed by atoms with Crippen molar-refractivity contribution in [2.24, 2.45) is 0 Å². The van der Waals surface area contributed by atoms with E-state index in [0.29, 0.717) is 4.90 Å². The Hall–Kier alpha value is -0.870. The van der Waals surface area contributed by atoms with Gasteiger partial charge in [0.05, 0.1) is 4.90 Å². The van der Waals surface area contributed by atoms with Crippen LogP contribution in [-0.2, 0) is 10.0 Å². The van der Waals surface area contributed by atoms with Crippen LogP contribution < -0.4 is 0 Å². The van der Waals surface area contributed by atoms with Crippen molar-refractivity contribution in [1.29, 1.82) is 0 Å². The number of hydrogen-bond acceptors (Lipinski definition) is 2. The van der Waals surface area contributed by atoms with Crippen molar-refractivity contribution in [2.45, 2.75) is 24.8 Å². The molecule has 0 aliphatic heterocycles. The molecule has 1 aromatic rings. The molecule has 0 bridgehead atoms. The van der Waals surface area contributed by atoms with E-state index < -0.39 is 10.0 Å². The van der Waals surface area contributed by atoms with Gasteiger partial charge in [0.2, 0.25) is 10.0 Å². The Labute approximate surface area is 85.4 Å². The molecule has 0 amide bonds. The molecule has 0 unspecified atom stereocenters. The van der Waals surface area contributed by atoms with Crippen LogP contribution in [0.4, 0.5) is 0 Å². The first-order chi connectivity index (χ1) is 6.46. The maximum Gasteiger partial charge on any atom is 0.243 e. The van der Waals surface area contributed by atoms with E-state index >= 15 is 0 Å². The zero-order valence-electron chi connectivity index (χ0n) is 8.64. The van der Waals surface area contributed by atoms with Crippen LogP contribution in [-0.4, -0.2) is 25.8 Å². The molecule has 0 aliphatic rings. The summed E-state index contributed by atoms with van der Waals surface area (Å²) in [5.41, 5.74) is 0. The molecule has 0 N–H and O–H groups in total. The topological polar surface area (TPSA) is 37.4 Å². The van der Waals surface area contributed by atoms with E-state index in [1.807, 2.05) is 13.8 Å². The number of rotatable bonds is 3. The highest BCUT2D eigenvalue weighted by Gasteiger charge is 2.22. The molecule has 0 saturated heterocycles. The molecule has 1 rings (SSSR count). The third-order valence-electron chi connectivity index (χ3n) is 2.15. The monoisotopic (exact) mass is 213 g/mol. The first-order valence-corrected chi connectivity index (χ1v) is 5.93. The quantitative estimate of drug-likeness (QED) is 0.766. The Balaban J connectivity index is 3.10. The third-order valence-corrected chi connectivity index (χ3v) is 4.20. The highest BCUT2D eigenvalue weighted by Crippen LogP contribution is 2.15. The van der Waals surface area contributed by atoms with Gasteiger partial charge in [-0.1, -0.05) is 18.2 Å². The molecule has 3 nitrogen and oxygen atoms in total. The van der Waals surface area contributed by atoms with Crippen LogP contribution >= 0.6 is 0 Å². The van der Waals surface area contributed by atoms with E-state index in [1.165, 1.54) is 4.31 Å². The Morgan fingerprint density at radius 2 is 1.64 bits per heavy atom. The van der Waals surface area contributed by atoms with Gasteiger partial charge in [0.15, 0.2) is 0 Å². The largest absolute Gasteiger partial charge is 0.243 e. The lowest BCUT2D eigenvalue weighted by molar-refractivity contribution is 0.410. The van der Waals surface area contributed by atoms with Gasteiger partial charge in [0.25, 0.3) is 0 Å². The lowest BCUT2D eigenvalue weighted by Gasteiger charge is -2.20. The number of hydrogen-bond donors (Lipinski definition) is 0. The predicted molar refractivity (Wildman–Crippen MR) is 56.5 cm³/mol. The van der Waals surface area contributed by atoms with Crippen molar-refractivity contribution < 1.29 is 8.42 Å². The molecule has 14 heavy (non-hydrogen) atoms. The fraction of sp³-hybridized carbons (Fsp3) is 0.400. The summed E-state index contributed by atoms with van der Waals surface area (Å²) in [5.74, 6) is 0. The van der Waals surface area contributed by atoms with Crippen LogP contribution in [0, 0.1) is 0 Å². The maximum atomic E-state index is 11.9. The van der Waals surface area contributed by atoms with Crippen LogP contribution in [0.5, 0.6) is 0 Å². The zero-order chi connectivity index (χ0) is 10.8. The van der Waals surface area contributed by atoms with Crippen molar-refractivity contribution in [3.8, 4) is 0 Å². The summed E-state index contributed by atoms with van der Waals surface area (Å²) in [6.45, 7) is 3.70. The minimum Gasteiger partial charge on any atom is -0.207 e. The van der Waals surface area contributed by atoms with Crippen LogP contribution in [0.25, 0.3) is 0 Å². The summed E-state index contributed by atoms with van der Waals surface area (Å²) in [6, 6.07) is 8.43. The summed E-state index contributed by atoms with van der Waals surface area (Å²) in [7, 11) is -1.71. The molecule has 0 aromatic heterocycles. The summed E-state index contributed by atoms with van der Waals surface area (Å²) in [5, 5.41) is 0. The fourth-order valence-electron chi connectivity index (χ4n) is 1.04. The van der Waals surface area contributed by atoms with Gasteiger partial charge < -0.3 is 0 Å². The second-order valence-corrected chi connectivity index (χ2v) is 5.43. The SMILES string of the molecule is CC(C)N(C)S(=O)(=O)c1ccccc1. The van der Waals surface area contributed by atoms with E-state index in [4.69, 9.17) is 0 Å². The first-order valence-electron chi connectivity index (χ1n) is 4.49. The zero-order valence-corrected chi connectivity index (χ0v) is 9.45. The van der Waals surface area contributed by atoms with Crippen molar-refractivity contribution in [3.05, 3.63) is 30.3 Å².